The molecular weight excluding hydrogens is 659 g/mol. The molecule has 250 valence electrons. The SMILES string of the molecule is c1ccc(-c2nc3ccc4c5c6c(cccc6n4-c4nc(-c6cccc7ccccc67)cc(-c6cccc7ccccc67)n4)c4ccccc4n2c35)cc1. The Bertz CT molecular complexity index is 3340. The normalized spacial score (nSPS) is 12.1. The van der Waals surface area contributed by atoms with Gasteiger partial charge in [0, 0.05) is 32.8 Å². The van der Waals surface area contributed by atoms with Gasteiger partial charge in [0.1, 0.15) is 5.82 Å². The van der Waals surface area contributed by atoms with Crippen LogP contribution in [0.1, 0.15) is 0 Å². The number of aromatic nitrogens is 5. The molecule has 0 amide bonds. The number of benzene rings is 8. The molecule has 0 radical (unpaired) electrons. The Kier molecular flexibility index (Phi) is 5.99. The van der Waals surface area contributed by atoms with E-state index in [-0.39, 0.29) is 0 Å². The molecule has 0 aliphatic carbocycles. The maximum absolute atomic E-state index is 5.48. The first-order valence-corrected chi connectivity index (χ1v) is 18.3. The second kappa shape index (κ2) is 11.1. The first-order valence-electron chi connectivity index (χ1n) is 18.3. The molecule has 0 atom stereocenters. The molecule has 0 bridgehead atoms. The second-order valence-corrected chi connectivity index (χ2v) is 14.0. The lowest BCUT2D eigenvalue weighted by Crippen LogP contribution is -2.04. The summed E-state index contributed by atoms with van der Waals surface area (Å²) in [4.78, 5) is 16.3. The van der Waals surface area contributed by atoms with Crippen molar-refractivity contribution in [3.8, 4) is 39.9 Å². The molecule has 0 fully saturated rings. The van der Waals surface area contributed by atoms with E-state index in [2.05, 4.69) is 185 Å². The lowest BCUT2D eigenvalue weighted by atomic mass is 9.99. The molecule has 5 heteroatoms. The topological polar surface area (TPSA) is 48.0 Å². The molecule has 8 aromatic carbocycles. The fraction of sp³-hybridized carbons (Fsp3) is 0. The molecule has 5 nitrogen and oxygen atoms in total. The third-order valence-electron chi connectivity index (χ3n) is 11.1. The van der Waals surface area contributed by atoms with Gasteiger partial charge in [0.25, 0.3) is 0 Å². The van der Waals surface area contributed by atoms with Gasteiger partial charge in [0.15, 0.2) is 0 Å². The molecule has 0 saturated heterocycles. The van der Waals surface area contributed by atoms with Crippen LogP contribution in [-0.2, 0) is 0 Å². The van der Waals surface area contributed by atoms with E-state index in [1.165, 1.54) is 21.5 Å². The molecule has 4 aromatic heterocycles. The van der Waals surface area contributed by atoms with Crippen LogP contribution in [0.2, 0.25) is 0 Å². The molecule has 4 heterocycles. The van der Waals surface area contributed by atoms with Crippen molar-refractivity contribution in [1.29, 1.82) is 0 Å². The zero-order valence-corrected chi connectivity index (χ0v) is 29.0. The maximum Gasteiger partial charge on any atom is 0.235 e. The van der Waals surface area contributed by atoms with Crippen LogP contribution in [0.4, 0.5) is 0 Å². The number of imidazole rings is 1. The van der Waals surface area contributed by atoms with Crippen LogP contribution < -0.4 is 0 Å². The lowest BCUT2D eigenvalue weighted by molar-refractivity contribution is 0.997. The van der Waals surface area contributed by atoms with Gasteiger partial charge in [-0.15, -0.1) is 0 Å². The van der Waals surface area contributed by atoms with E-state index in [0.29, 0.717) is 5.95 Å². The van der Waals surface area contributed by atoms with E-state index >= 15 is 0 Å². The van der Waals surface area contributed by atoms with Crippen LogP contribution in [0.3, 0.4) is 0 Å². The molecule has 0 unspecified atom stereocenters. The summed E-state index contributed by atoms with van der Waals surface area (Å²) >= 11 is 0. The van der Waals surface area contributed by atoms with E-state index < -0.39 is 0 Å². The Labute approximate surface area is 309 Å². The summed E-state index contributed by atoms with van der Waals surface area (Å²) in [7, 11) is 0. The van der Waals surface area contributed by atoms with E-state index in [4.69, 9.17) is 15.0 Å². The van der Waals surface area contributed by atoms with Crippen molar-refractivity contribution in [3.63, 3.8) is 0 Å². The summed E-state index contributed by atoms with van der Waals surface area (Å²) in [6.45, 7) is 0. The van der Waals surface area contributed by atoms with Gasteiger partial charge in [0.05, 0.1) is 39.0 Å². The van der Waals surface area contributed by atoms with E-state index in [1.54, 1.807) is 0 Å². The number of hydrogen-bond donors (Lipinski definition) is 0. The maximum atomic E-state index is 5.48. The molecule has 12 rings (SSSR count). The van der Waals surface area contributed by atoms with E-state index in [9.17, 15) is 0 Å². The number of nitrogens with zero attached hydrogens (tertiary/aromatic N) is 5. The first kappa shape index (κ1) is 29.2. The molecule has 12 aromatic rings. The lowest BCUT2D eigenvalue weighted by Gasteiger charge is -2.14. The number of hydrogen-bond acceptors (Lipinski definition) is 3. The summed E-state index contributed by atoms with van der Waals surface area (Å²) in [5.41, 5.74) is 10.2. The second-order valence-electron chi connectivity index (χ2n) is 14.0. The van der Waals surface area contributed by atoms with Gasteiger partial charge < -0.3 is 0 Å². The fourth-order valence-corrected chi connectivity index (χ4v) is 8.77. The minimum atomic E-state index is 0.628. The number of fused-ring (bicyclic) bond motifs is 5. The van der Waals surface area contributed by atoms with E-state index in [0.717, 1.165) is 83.0 Å². The summed E-state index contributed by atoms with van der Waals surface area (Å²) in [5.74, 6) is 1.55. The average molecular weight is 688 g/mol. The highest BCUT2D eigenvalue weighted by molar-refractivity contribution is 6.30. The van der Waals surface area contributed by atoms with Gasteiger partial charge in [-0.1, -0.05) is 146 Å². The minimum absolute atomic E-state index is 0.628. The summed E-state index contributed by atoms with van der Waals surface area (Å²) in [6, 6.07) is 62.3. The summed E-state index contributed by atoms with van der Waals surface area (Å²) < 4.78 is 4.63. The Morgan fingerprint density at radius 3 is 1.67 bits per heavy atom. The van der Waals surface area contributed by atoms with Gasteiger partial charge >= 0.3 is 0 Å². The Balaban J connectivity index is 1.25. The van der Waals surface area contributed by atoms with Crippen LogP contribution in [0, 0.1) is 0 Å². The van der Waals surface area contributed by atoms with Crippen molar-refractivity contribution in [3.05, 3.63) is 176 Å². The number of rotatable bonds is 4. The van der Waals surface area contributed by atoms with Crippen LogP contribution in [-0.4, -0.2) is 23.9 Å². The van der Waals surface area contributed by atoms with E-state index in [1.807, 2.05) is 0 Å². The molecular formula is C49H29N5. The summed E-state index contributed by atoms with van der Waals surface area (Å²) in [5, 5.41) is 9.33. The molecule has 0 saturated carbocycles. The number of para-hydroxylation sites is 1. The molecule has 0 N–H and O–H groups in total. The standard InChI is InChI=1S/C49H29N5/c1-2-15-32(16-3-1)48-50-39-27-28-44-46-45-38(37-21-8-9-25-42(37)54(48)47(39)46)24-12-26-43(45)53(44)49-51-40(35-22-10-17-30-13-4-6-19-33(30)35)29-41(52-49)36-23-11-18-31-14-5-7-20-34(31)36/h1-29H. The first-order chi connectivity index (χ1) is 26.8. The largest absolute Gasteiger partial charge is 0.291 e. The Morgan fingerprint density at radius 1 is 0.389 bits per heavy atom. The average Bonchev–Trinajstić information content (AvgIpc) is 3.76. The predicted octanol–water partition coefficient (Wildman–Crippen LogP) is 12.3. The van der Waals surface area contributed by atoms with Crippen molar-refractivity contribution in [1.82, 2.24) is 23.9 Å². The quantitative estimate of drug-likeness (QED) is 0.185. The highest BCUT2D eigenvalue weighted by Gasteiger charge is 2.25. The molecule has 0 spiro atoms. The third-order valence-corrected chi connectivity index (χ3v) is 11.1. The van der Waals surface area contributed by atoms with Crippen molar-refractivity contribution in [2.45, 2.75) is 0 Å². The minimum Gasteiger partial charge on any atom is -0.291 e. The van der Waals surface area contributed by atoms with Gasteiger partial charge in [-0.3, -0.25) is 8.97 Å². The van der Waals surface area contributed by atoms with Crippen molar-refractivity contribution in [2.75, 3.05) is 0 Å². The Morgan fingerprint density at radius 2 is 0.944 bits per heavy atom. The smallest absolute Gasteiger partial charge is 0.235 e. The Hall–Kier alpha value is -7.37. The highest BCUT2D eigenvalue weighted by atomic mass is 15.2. The van der Waals surface area contributed by atoms with Crippen molar-refractivity contribution in [2.24, 2.45) is 0 Å². The monoisotopic (exact) mass is 687 g/mol. The van der Waals surface area contributed by atoms with Crippen LogP contribution >= 0.6 is 0 Å². The van der Waals surface area contributed by atoms with Crippen molar-refractivity contribution < 1.29 is 0 Å². The fourth-order valence-electron chi connectivity index (χ4n) is 8.77. The van der Waals surface area contributed by atoms with Crippen LogP contribution in [0.25, 0.3) is 111 Å². The molecule has 54 heavy (non-hydrogen) atoms. The zero-order valence-electron chi connectivity index (χ0n) is 29.0. The van der Waals surface area contributed by atoms with Gasteiger partial charge in [0.2, 0.25) is 5.95 Å². The van der Waals surface area contributed by atoms with Crippen LogP contribution in [0.5, 0.6) is 0 Å². The van der Waals surface area contributed by atoms with Gasteiger partial charge in [-0.25, -0.2) is 15.0 Å². The molecule has 0 aliphatic heterocycles. The highest BCUT2D eigenvalue weighted by Crippen LogP contribution is 2.44. The van der Waals surface area contributed by atoms with Gasteiger partial charge in [-0.2, -0.15) is 0 Å². The third kappa shape index (κ3) is 4.06. The predicted molar refractivity (Wildman–Crippen MR) is 223 cm³/mol. The molecule has 0 aliphatic rings. The van der Waals surface area contributed by atoms with Crippen LogP contribution in [0.15, 0.2) is 176 Å². The van der Waals surface area contributed by atoms with Crippen molar-refractivity contribution >= 4 is 70.7 Å². The summed E-state index contributed by atoms with van der Waals surface area (Å²) in [6.07, 6.45) is 0. The zero-order chi connectivity index (χ0) is 35.3. The van der Waals surface area contributed by atoms with Gasteiger partial charge in [-0.05, 0) is 57.3 Å².